The monoisotopic (exact) mass is 310 g/mol. The Labute approximate surface area is 126 Å². The zero-order valence-electron chi connectivity index (χ0n) is 12.5. The van der Waals surface area contributed by atoms with Gasteiger partial charge in [0.15, 0.2) is 0 Å². The Morgan fingerprint density at radius 1 is 1.33 bits per heavy atom. The molecule has 0 fully saturated rings. The lowest BCUT2D eigenvalue weighted by atomic mass is 10.1. The van der Waals surface area contributed by atoms with Gasteiger partial charge in [0, 0.05) is 25.8 Å². The maximum Gasteiger partial charge on any atom is 0.240 e. The number of hydrogen-bond acceptors (Lipinski definition) is 4. The van der Waals surface area contributed by atoms with Crippen LogP contribution in [0.5, 0.6) is 0 Å². The SMILES string of the molecule is COCCCCNS(=O)(=O)c1ccc(C#CCN)c(C)c1. The maximum absolute atomic E-state index is 12.1. The van der Waals surface area contributed by atoms with Crippen molar-refractivity contribution in [3.05, 3.63) is 29.3 Å². The van der Waals surface area contributed by atoms with E-state index in [1.807, 2.05) is 6.92 Å². The topological polar surface area (TPSA) is 81.4 Å². The summed E-state index contributed by atoms with van der Waals surface area (Å²) in [5.41, 5.74) is 6.94. The minimum absolute atomic E-state index is 0.255. The van der Waals surface area contributed by atoms with Gasteiger partial charge in [-0.2, -0.15) is 0 Å². The number of rotatable bonds is 7. The zero-order valence-corrected chi connectivity index (χ0v) is 13.3. The second kappa shape index (κ2) is 8.80. The Kier molecular flexibility index (Phi) is 7.40. The molecule has 0 aromatic heterocycles. The minimum Gasteiger partial charge on any atom is -0.385 e. The summed E-state index contributed by atoms with van der Waals surface area (Å²) in [6.07, 6.45) is 1.57. The van der Waals surface area contributed by atoms with Gasteiger partial charge in [-0.3, -0.25) is 0 Å². The number of benzene rings is 1. The summed E-state index contributed by atoms with van der Waals surface area (Å²) in [7, 11) is -1.84. The van der Waals surface area contributed by atoms with E-state index in [2.05, 4.69) is 16.6 Å². The van der Waals surface area contributed by atoms with Gasteiger partial charge in [0.05, 0.1) is 11.4 Å². The van der Waals surface area contributed by atoms with E-state index in [1.54, 1.807) is 25.3 Å². The van der Waals surface area contributed by atoms with Gasteiger partial charge in [0.2, 0.25) is 10.0 Å². The molecular formula is C15H22N2O3S. The van der Waals surface area contributed by atoms with E-state index in [9.17, 15) is 8.42 Å². The average molecular weight is 310 g/mol. The number of hydrogen-bond donors (Lipinski definition) is 2. The fourth-order valence-corrected chi connectivity index (χ4v) is 2.91. The molecule has 0 atom stereocenters. The number of aryl methyl sites for hydroxylation is 1. The molecule has 6 heteroatoms. The molecular weight excluding hydrogens is 288 g/mol. The highest BCUT2D eigenvalue weighted by atomic mass is 32.2. The van der Waals surface area contributed by atoms with E-state index in [-0.39, 0.29) is 11.4 Å². The summed E-state index contributed by atoms with van der Waals surface area (Å²) in [4.78, 5) is 0.255. The lowest BCUT2D eigenvalue weighted by Gasteiger charge is -2.08. The number of ether oxygens (including phenoxy) is 1. The second-order valence-corrected chi connectivity index (χ2v) is 6.35. The third-order valence-electron chi connectivity index (χ3n) is 2.90. The van der Waals surface area contributed by atoms with Gasteiger partial charge in [-0.25, -0.2) is 13.1 Å². The number of unbranched alkanes of at least 4 members (excludes halogenated alkanes) is 1. The van der Waals surface area contributed by atoms with Crippen molar-refractivity contribution in [3.8, 4) is 11.8 Å². The van der Waals surface area contributed by atoms with Crippen molar-refractivity contribution in [2.24, 2.45) is 5.73 Å². The van der Waals surface area contributed by atoms with Crippen LogP contribution >= 0.6 is 0 Å². The molecule has 1 rings (SSSR count). The minimum atomic E-state index is -3.47. The Morgan fingerprint density at radius 2 is 2.10 bits per heavy atom. The first-order valence-corrected chi connectivity index (χ1v) is 8.28. The van der Waals surface area contributed by atoms with Crippen LogP contribution in [0.25, 0.3) is 0 Å². The van der Waals surface area contributed by atoms with Crippen LogP contribution in [0.15, 0.2) is 23.1 Å². The van der Waals surface area contributed by atoms with Crippen LogP contribution in [0.2, 0.25) is 0 Å². The van der Waals surface area contributed by atoms with Crippen molar-refractivity contribution >= 4 is 10.0 Å². The first-order chi connectivity index (χ1) is 10.0. The highest BCUT2D eigenvalue weighted by Gasteiger charge is 2.14. The van der Waals surface area contributed by atoms with Gasteiger partial charge in [-0.1, -0.05) is 11.8 Å². The molecule has 1 aromatic rings. The Bertz CT molecular complexity index is 616. The van der Waals surface area contributed by atoms with E-state index in [4.69, 9.17) is 10.5 Å². The number of methoxy groups -OCH3 is 1. The number of nitrogens with two attached hydrogens (primary N) is 1. The van der Waals surface area contributed by atoms with Crippen molar-refractivity contribution < 1.29 is 13.2 Å². The van der Waals surface area contributed by atoms with Gasteiger partial charge in [0.1, 0.15) is 0 Å². The van der Waals surface area contributed by atoms with Crippen molar-refractivity contribution in [1.82, 2.24) is 4.72 Å². The van der Waals surface area contributed by atoms with E-state index in [0.29, 0.717) is 13.2 Å². The molecule has 0 unspecified atom stereocenters. The van der Waals surface area contributed by atoms with Crippen molar-refractivity contribution in [2.45, 2.75) is 24.7 Å². The Morgan fingerprint density at radius 3 is 2.71 bits per heavy atom. The molecule has 0 bridgehead atoms. The largest absolute Gasteiger partial charge is 0.385 e. The van der Waals surface area contributed by atoms with Crippen LogP contribution in [-0.4, -0.2) is 35.2 Å². The molecule has 0 saturated carbocycles. The van der Waals surface area contributed by atoms with Crippen molar-refractivity contribution in [2.75, 3.05) is 26.8 Å². The highest BCUT2D eigenvalue weighted by molar-refractivity contribution is 7.89. The van der Waals surface area contributed by atoms with Crippen LogP contribution < -0.4 is 10.5 Å². The molecule has 0 amide bonds. The summed E-state index contributed by atoms with van der Waals surface area (Å²) in [5, 5.41) is 0. The second-order valence-electron chi connectivity index (χ2n) is 4.58. The van der Waals surface area contributed by atoms with Crippen LogP contribution in [-0.2, 0) is 14.8 Å². The zero-order chi connectivity index (χ0) is 15.7. The lowest BCUT2D eigenvalue weighted by Crippen LogP contribution is -2.25. The summed E-state index contributed by atoms with van der Waals surface area (Å²) in [6, 6.07) is 4.89. The molecule has 0 spiro atoms. The fourth-order valence-electron chi connectivity index (χ4n) is 1.75. The van der Waals surface area contributed by atoms with Crippen LogP contribution in [0.4, 0.5) is 0 Å². The molecule has 21 heavy (non-hydrogen) atoms. The third-order valence-corrected chi connectivity index (χ3v) is 4.36. The molecule has 0 radical (unpaired) electrons. The average Bonchev–Trinajstić information content (AvgIpc) is 2.45. The van der Waals surface area contributed by atoms with Crippen LogP contribution in [0.1, 0.15) is 24.0 Å². The van der Waals surface area contributed by atoms with Crippen molar-refractivity contribution in [3.63, 3.8) is 0 Å². The molecule has 1 aromatic carbocycles. The molecule has 5 nitrogen and oxygen atoms in total. The highest BCUT2D eigenvalue weighted by Crippen LogP contribution is 2.14. The van der Waals surface area contributed by atoms with Crippen LogP contribution in [0, 0.1) is 18.8 Å². The predicted molar refractivity (Wildman–Crippen MR) is 83.4 cm³/mol. The van der Waals surface area contributed by atoms with Crippen molar-refractivity contribution in [1.29, 1.82) is 0 Å². The first-order valence-electron chi connectivity index (χ1n) is 6.79. The van der Waals surface area contributed by atoms with E-state index < -0.39 is 10.0 Å². The Balaban J connectivity index is 2.73. The standard InChI is InChI=1S/C15H22N2O3S/c1-13-12-15(8-7-14(13)6-5-9-16)21(18,19)17-10-3-4-11-20-2/h7-8,12,17H,3-4,9-11,16H2,1-2H3. The predicted octanol–water partition coefficient (Wildman–Crippen LogP) is 1.01. The van der Waals surface area contributed by atoms with Crippen LogP contribution in [0.3, 0.4) is 0 Å². The van der Waals surface area contributed by atoms with Gasteiger partial charge in [-0.15, -0.1) is 0 Å². The first kappa shape index (κ1) is 17.7. The summed E-state index contributed by atoms with van der Waals surface area (Å²) < 4.78 is 31.8. The molecule has 0 aliphatic heterocycles. The number of nitrogens with one attached hydrogen (secondary N) is 1. The summed E-state index contributed by atoms with van der Waals surface area (Å²) in [6.45, 7) is 3.15. The van der Waals surface area contributed by atoms with Gasteiger partial charge in [-0.05, 0) is 43.5 Å². The Hall–Kier alpha value is -1.39. The molecule has 0 heterocycles. The normalized spacial score (nSPS) is 11.0. The van der Waals surface area contributed by atoms with Gasteiger partial charge in [0.25, 0.3) is 0 Å². The smallest absolute Gasteiger partial charge is 0.240 e. The van der Waals surface area contributed by atoms with E-state index in [1.165, 1.54) is 0 Å². The maximum atomic E-state index is 12.1. The lowest BCUT2D eigenvalue weighted by molar-refractivity contribution is 0.193. The molecule has 3 N–H and O–H groups in total. The molecule has 0 aliphatic carbocycles. The van der Waals surface area contributed by atoms with Gasteiger partial charge < -0.3 is 10.5 Å². The third kappa shape index (κ3) is 5.86. The molecule has 0 aliphatic rings. The summed E-state index contributed by atoms with van der Waals surface area (Å²) in [5.74, 6) is 5.67. The van der Waals surface area contributed by atoms with E-state index in [0.717, 1.165) is 24.0 Å². The summed E-state index contributed by atoms with van der Waals surface area (Å²) >= 11 is 0. The molecule has 116 valence electrons. The number of sulfonamides is 1. The van der Waals surface area contributed by atoms with E-state index >= 15 is 0 Å². The quantitative estimate of drug-likeness (QED) is 0.582. The molecule has 0 saturated heterocycles. The van der Waals surface area contributed by atoms with Gasteiger partial charge >= 0.3 is 0 Å². The fraction of sp³-hybridized carbons (Fsp3) is 0.467.